The quantitative estimate of drug-likeness (QED) is 0.275. The van der Waals surface area contributed by atoms with Crippen LogP contribution in [0.15, 0.2) is 63.7 Å². The molecule has 3 rings (SSSR count). The molecule has 28 heavy (non-hydrogen) atoms. The van der Waals surface area contributed by atoms with Gasteiger partial charge < -0.3 is 5.11 Å². The standard InChI is InChI=1S/C18H15N3O6S/c1-2-11-7-8-12(21(23)24)9-15(11)19-20-18-14-6-4-3-5-13(14)17(10-16(18)22)28(25,26)27/h3-10,22H,2H2,1H3,(H,25,26,27). The van der Waals surface area contributed by atoms with Crippen molar-refractivity contribution in [1.82, 2.24) is 0 Å². The zero-order valence-electron chi connectivity index (χ0n) is 14.6. The van der Waals surface area contributed by atoms with Crippen molar-refractivity contribution in [2.24, 2.45) is 10.2 Å². The van der Waals surface area contributed by atoms with Gasteiger partial charge in [-0.3, -0.25) is 14.7 Å². The molecule has 0 radical (unpaired) electrons. The number of phenolic OH excluding ortho intramolecular Hbond substituents is 1. The number of non-ortho nitro benzene ring substituents is 1. The SMILES string of the molecule is CCc1ccc([N+](=O)[O-])cc1N=Nc1c(O)cc(S(=O)(=O)O)c2ccccc12. The molecule has 0 saturated carbocycles. The molecule has 0 aliphatic carbocycles. The number of aromatic hydroxyl groups is 1. The van der Waals surface area contributed by atoms with E-state index in [1.165, 1.54) is 24.3 Å². The Morgan fingerprint density at radius 1 is 1.07 bits per heavy atom. The van der Waals surface area contributed by atoms with Crippen LogP contribution in [0.3, 0.4) is 0 Å². The molecular weight excluding hydrogens is 386 g/mol. The predicted octanol–water partition coefficient (Wildman–Crippen LogP) is 4.68. The second kappa shape index (κ2) is 7.33. The molecule has 3 aromatic carbocycles. The van der Waals surface area contributed by atoms with E-state index in [2.05, 4.69) is 10.2 Å². The van der Waals surface area contributed by atoms with Gasteiger partial charge >= 0.3 is 0 Å². The van der Waals surface area contributed by atoms with Crippen molar-refractivity contribution in [3.63, 3.8) is 0 Å². The third kappa shape index (κ3) is 3.68. The average molecular weight is 401 g/mol. The molecule has 0 amide bonds. The molecule has 0 saturated heterocycles. The van der Waals surface area contributed by atoms with E-state index in [4.69, 9.17) is 0 Å². The lowest BCUT2D eigenvalue weighted by Crippen LogP contribution is -1.99. The van der Waals surface area contributed by atoms with Crippen LogP contribution in [0.1, 0.15) is 12.5 Å². The third-order valence-electron chi connectivity index (χ3n) is 4.15. The Labute approximate surface area is 159 Å². The summed E-state index contributed by atoms with van der Waals surface area (Å²) in [6, 6.07) is 11.3. The number of aryl methyl sites for hydroxylation is 1. The van der Waals surface area contributed by atoms with E-state index in [0.717, 1.165) is 6.07 Å². The van der Waals surface area contributed by atoms with Crippen molar-refractivity contribution < 1.29 is 23.0 Å². The molecule has 2 N–H and O–H groups in total. The molecule has 0 heterocycles. The predicted molar refractivity (Wildman–Crippen MR) is 102 cm³/mol. The monoisotopic (exact) mass is 401 g/mol. The Hall–Kier alpha value is -3.37. The summed E-state index contributed by atoms with van der Waals surface area (Å²) in [6.07, 6.45) is 0.556. The maximum absolute atomic E-state index is 11.6. The minimum atomic E-state index is -4.57. The van der Waals surface area contributed by atoms with E-state index in [1.807, 2.05) is 6.92 Å². The molecule has 144 valence electrons. The number of fused-ring (bicyclic) bond motifs is 1. The lowest BCUT2D eigenvalue weighted by molar-refractivity contribution is -0.384. The van der Waals surface area contributed by atoms with Gasteiger partial charge in [-0.05, 0) is 12.0 Å². The normalized spacial score (nSPS) is 11.9. The summed E-state index contributed by atoms with van der Waals surface area (Å²) in [5, 5.41) is 29.7. The van der Waals surface area contributed by atoms with Crippen LogP contribution in [0.4, 0.5) is 17.1 Å². The molecule has 10 heteroatoms. The van der Waals surface area contributed by atoms with Crippen molar-refractivity contribution in [2.45, 2.75) is 18.2 Å². The fraction of sp³-hybridized carbons (Fsp3) is 0.111. The number of phenols is 1. The van der Waals surface area contributed by atoms with E-state index in [1.54, 1.807) is 18.2 Å². The van der Waals surface area contributed by atoms with E-state index < -0.39 is 25.7 Å². The van der Waals surface area contributed by atoms with Gasteiger partial charge in [0.05, 0.1) is 10.6 Å². The van der Waals surface area contributed by atoms with Crippen LogP contribution in [0.2, 0.25) is 0 Å². The Kier molecular flexibility index (Phi) is 5.08. The Morgan fingerprint density at radius 3 is 2.36 bits per heavy atom. The van der Waals surface area contributed by atoms with E-state index >= 15 is 0 Å². The van der Waals surface area contributed by atoms with Crippen LogP contribution in [0, 0.1) is 10.1 Å². The Morgan fingerprint density at radius 2 is 1.75 bits per heavy atom. The molecule has 3 aromatic rings. The number of nitro benzene ring substituents is 1. The number of nitrogens with zero attached hydrogens (tertiary/aromatic N) is 3. The van der Waals surface area contributed by atoms with Crippen LogP contribution < -0.4 is 0 Å². The lowest BCUT2D eigenvalue weighted by Gasteiger charge is -2.08. The molecule has 0 bridgehead atoms. The van der Waals surface area contributed by atoms with Crippen molar-refractivity contribution in [2.75, 3.05) is 0 Å². The first kappa shape index (κ1) is 19.4. The van der Waals surface area contributed by atoms with Gasteiger partial charge in [0, 0.05) is 29.0 Å². The summed E-state index contributed by atoms with van der Waals surface area (Å²) in [5.74, 6) is -0.501. The highest BCUT2D eigenvalue weighted by molar-refractivity contribution is 7.86. The van der Waals surface area contributed by atoms with Gasteiger partial charge in [-0.1, -0.05) is 37.3 Å². The third-order valence-corrected chi connectivity index (χ3v) is 5.05. The first-order valence-corrected chi connectivity index (χ1v) is 9.57. The molecule has 0 fully saturated rings. The highest BCUT2D eigenvalue weighted by Crippen LogP contribution is 2.40. The zero-order chi connectivity index (χ0) is 20.5. The van der Waals surface area contributed by atoms with Crippen molar-refractivity contribution in [3.05, 3.63) is 64.2 Å². The van der Waals surface area contributed by atoms with Gasteiger partial charge in [0.25, 0.3) is 15.8 Å². The zero-order valence-corrected chi connectivity index (χ0v) is 15.4. The summed E-state index contributed by atoms with van der Waals surface area (Å²) in [7, 11) is -4.57. The van der Waals surface area contributed by atoms with Gasteiger partial charge in [0.2, 0.25) is 0 Å². The largest absolute Gasteiger partial charge is 0.506 e. The first-order chi connectivity index (χ1) is 13.2. The van der Waals surface area contributed by atoms with Crippen molar-refractivity contribution in [1.29, 1.82) is 0 Å². The number of nitro groups is 1. The van der Waals surface area contributed by atoms with Gasteiger partial charge in [-0.2, -0.15) is 8.42 Å². The highest BCUT2D eigenvalue weighted by Gasteiger charge is 2.19. The molecule has 0 unspecified atom stereocenters. The molecule has 0 aliphatic rings. The van der Waals surface area contributed by atoms with Gasteiger partial charge in [-0.25, -0.2) is 0 Å². The summed E-state index contributed by atoms with van der Waals surface area (Å²) in [5.41, 5.74) is 0.810. The number of azo groups is 1. The number of hydrogen-bond acceptors (Lipinski definition) is 7. The minimum Gasteiger partial charge on any atom is -0.506 e. The minimum absolute atomic E-state index is 0.0171. The van der Waals surface area contributed by atoms with Gasteiger partial charge in [0.1, 0.15) is 16.3 Å². The van der Waals surface area contributed by atoms with Crippen LogP contribution in [0.25, 0.3) is 10.8 Å². The van der Waals surface area contributed by atoms with E-state index in [9.17, 15) is 28.2 Å². The van der Waals surface area contributed by atoms with E-state index in [-0.39, 0.29) is 27.8 Å². The fourth-order valence-corrected chi connectivity index (χ4v) is 3.51. The number of rotatable bonds is 5. The molecule has 9 nitrogen and oxygen atoms in total. The lowest BCUT2D eigenvalue weighted by atomic mass is 10.1. The Balaban J connectivity index is 2.20. The van der Waals surface area contributed by atoms with Crippen LogP contribution >= 0.6 is 0 Å². The maximum atomic E-state index is 11.6. The second-order valence-electron chi connectivity index (χ2n) is 5.89. The van der Waals surface area contributed by atoms with Crippen molar-refractivity contribution >= 4 is 38.0 Å². The van der Waals surface area contributed by atoms with Gasteiger partial charge in [-0.15, -0.1) is 10.2 Å². The molecule has 0 aromatic heterocycles. The van der Waals surface area contributed by atoms with E-state index in [0.29, 0.717) is 12.0 Å². The molecular formula is C18H15N3O6S. The number of hydrogen-bond donors (Lipinski definition) is 2. The second-order valence-corrected chi connectivity index (χ2v) is 7.28. The topological polar surface area (TPSA) is 142 Å². The summed E-state index contributed by atoms with van der Waals surface area (Å²) in [6.45, 7) is 1.86. The number of benzene rings is 3. The van der Waals surface area contributed by atoms with Crippen LogP contribution in [-0.2, 0) is 16.5 Å². The van der Waals surface area contributed by atoms with Crippen molar-refractivity contribution in [3.8, 4) is 5.75 Å². The molecule has 0 atom stereocenters. The summed E-state index contributed by atoms with van der Waals surface area (Å²) in [4.78, 5) is 10.00. The summed E-state index contributed by atoms with van der Waals surface area (Å²) >= 11 is 0. The Bertz CT molecular complexity index is 1220. The highest BCUT2D eigenvalue weighted by atomic mass is 32.2. The first-order valence-electron chi connectivity index (χ1n) is 8.13. The van der Waals surface area contributed by atoms with Crippen LogP contribution in [-0.4, -0.2) is 23.0 Å². The fourth-order valence-electron chi connectivity index (χ4n) is 2.79. The van der Waals surface area contributed by atoms with Gasteiger partial charge in [0.15, 0.2) is 0 Å². The average Bonchev–Trinajstić information content (AvgIpc) is 2.65. The summed E-state index contributed by atoms with van der Waals surface area (Å²) < 4.78 is 32.6. The maximum Gasteiger partial charge on any atom is 0.295 e. The smallest absolute Gasteiger partial charge is 0.295 e. The molecule has 0 aliphatic heterocycles. The van der Waals surface area contributed by atoms with Crippen LogP contribution in [0.5, 0.6) is 5.75 Å². The molecule has 0 spiro atoms.